The highest BCUT2D eigenvalue weighted by molar-refractivity contribution is 6.29. The molecule has 0 bridgehead atoms. The molecule has 0 saturated heterocycles. The van der Waals surface area contributed by atoms with Gasteiger partial charge < -0.3 is 4.74 Å². The Hall–Kier alpha value is -1.33. The van der Waals surface area contributed by atoms with Crippen LogP contribution in [0.25, 0.3) is 0 Å². The van der Waals surface area contributed by atoms with Crippen molar-refractivity contribution >= 4 is 17.7 Å². The largest absolute Gasteiger partial charge is 0.436 e. The average molecular weight is 203 g/mol. The second kappa shape index (κ2) is 4.06. The third kappa shape index (κ3) is 2.57. The molecule has 6 heteroatoms. The normalized spacial score (nSPS) is 9.46. The number of halogens is 1. The maximum atomic E-state index is 10.6. The molecule has 1 aromatic rings. The number of ether oxygens (including phenoxy) is 1. The second-order valence-electron chi connectivity index (χ2n) is 2.27. The van der Waals surface area contributed by atoms with E-state index < -0.39 is 6.09 Å². The van der Waals surface area contributed by atoms with E-state index >= 15 is 0 Å². The monoisotopic (exact) mass is 202 g/mol. The fraction of sp³-hybridized carbons (Fsp3) is 0.143. The Morgan fingerprint density at radius 2 is 2.46 bits per heavy atom. The molecule has 5 nitrogen and oxygen atoms in total. The number of carbonyl (C=O) groups excluding carboxylic acids is 1. The van der Waals surface area contributed by atoms with Gasteiger partial charge >= 0.3 is 6.09 Å². The SMILES string of the molecule is Cc1cc(Cl)ncc1OC(=O)NO. The molecule has 0 saturated carbocycles. The molecule has 0 aliphatic carbocycles. The van der Waals surface area contributed by atoms with Crippen LogP contribution in [-0.2, 0) is 0 Å². The number of aryl methyl sites for hydroxylation is 1. The van der Waals surface area contributed by atoms with Gasteiger partial charge in [0.15, 0.2) is 5.75 Å². The van der Waals surface area contributed by atoms with Crippen molar-refractivity contribution in [2.75, 3.05) is 0 Å². The Morgan fingerprint density at radius 1 is 1.77 bits per heavy atom. The van der Waals surface area contributed by atoms with Crippen molar-refractivity contribution in [1.29, 1.82) is 0 Å². The highest BCUT2D eigenvalue weighted by Crippen LogP contribution is 2.18. The lowest BCUT2D eigenvalue weighted by atomic mass is 10.3. The predicted octanol–water partition coefficient (Wildman–Crippen LogP) is 1.52. The summed E-state index contributed by atoms with van der Waals surface area (Å²) in [6, 6.07) is 1.54. The molecule has 0 aliphatic rings. The molecule has 2 N–H and O–H groups in total. The summed E-state index contributed by atoms with van der Waals surface area (Å²) in [7, 11) is 0. The van der Waals surface area contributed by atoms with Crippen molar-refractivity contribution in [1.82, 2.24) is 10.5 Å². The number of nitrogens with one attached hydrogen (secondary N) is 1. The van der Waals surface area contributed by atoms with Crippen molar-refractivity contribution in [2.24, 2.45) is 0 Å². The molecule has 1 rings (SSSR count). The standard InChI is InChI=1S/C7H7ClN2O3/c1-4-2-6(8)9-3-5(4)13-7(11)10-12/h2-3,12H,1H3,(H,10,11). The molecule has 70 valence electrons. The minimum atomic E-state index is -0.966. The Labute approximate surface area is 79.3 Å². The van der Waals surface area contributed by atoms with Gasteiger partial charge in [0, 0.05) is 0 Å². The number of hydrogen-bond acceptors (Lipinski definition) is 4. The average Bonchev–Trinajstić information content (AvgIpc) is 2.09. The number of hydrogen-bond donors (Lipinski definition) is 2. The molecule has 1 aromatic heterocycles. The van der Waals surface area contributed by atoms with E-state index in [2.05, 4.69) is 9.72 Å². The molecule has 0 aromatic carbocycles. The number of rotatable bonds is 1. The maximum Gasteiger partial charge on any atom is 0.436 e. The first-order chi connectivity index (χ1) is 6.13. The predicted molar refractivity (Wildman–Crippen MR) is 44.9 cm³/mol. The minimum Gasteiger partial charge on any atom is -0.407 e. The van der Waals surface area contributed by atoms with Crippen molar-refractivity contribution in [3.63, 3.8) is 0 Å². The van der Waals surface area contributed by atoms with Crippen LogP contribution >= 0.6 is 11.6 Å². The highest BCUT2D eigenvalue weighted by atomic mass is 35.5. The second-order valence-corrected chi connectivity index (χ2v) is 2.66. The van der Waals surface area contributed by atoms with Crippen LogP contribution in [0, 0.1) is 6.92 Å². The number of amides is 1. The van der Waals surface area contributed by atoms with Crippen molar-refractivity contribution < 1.29 is 14.7 Å². The van der Waals surface area contributed by atoms with Gasteiger partial charge in [0.25, 0.3) is 0 Å². The summed E-state index contributed by atoms with van der Waals surface area (Å²) in [5.74, 6) is 0.246. The van der Waals surface area contributed by atoms with Crippen LogP contribution in [0.1, 0.15) is 5.56 Å². The lowest BCUT2D eigenvalue weighted by Gasteiger charge is -2.04. The van der Waals surface area contributed by atoms with Gasteiger partial charge in [-0.05, 0) is 18.6 Å². The van der Waals surface area contributed by atoms with Gasteiger partial charge in [0.2, 0.25) is 0 Å². The molecule has 13 heavy (non-hydrogen) atoms. The zero-order chi connectivity index (χ0) is 9.84. The van der Waals surface area contributed by atoms with Gasteiger partial charge in [-0.3, -0.25) is 5.21 Å². The van der Waals surface area contributed by atoms with E-state index in [1.807, 2.05) is 0 Å². The van der Waals surface area contributed by atoms with Gasteiger partial charge in [0.05, 0.1) is 6.20 Å². The smallest absolute Gasteiger partial charge is 0.407 e. The Kier molecular flexibility index (Phi) is 3.05. The van der Waals surface area contributed by atoms with Gasteiger partial charge in [-0.1, -0.05) is 11.6 Å². The summed E-state index contributed by atoms with van der Waals surface area (Å²) in [6.07, 6.45) is 0.333. The fourth-order valence-electron chi connectivity index (χ4n) is 0.739. The first kappa shape index (κ1) is 9.76. The molecule has 0 unspecified atom stereocenters. The highest BCUT2D eigenvalue weighted by Gasteiger charge is 2.06. The quantitative estimate of drug-likeness (QED) is 0.412. The Morgan fingerprint density at radius 3 is 3.00 bits per heavy atom. The van der Waals surface area contributed by atoms with E-state index in [1.165, 1.54) is 11.7 Å². The van der Waals surface area contributed by atoms with E-state index in [-0.39, 0.29) is 5.75 Å². The number of carbonyl (C=O) groups is 1. The van der Waals surface area contributed by atoms with Gasteiger partial charge in [-0.2, -0.15) is 0 Å². The van der Waals surface area contributed by atoms with Gasteiger partial charge in [0.1, 0.15) is 5.15 Å². The molecule has 0 aliphatic heterocycles. The number of nitrogens with zero attached hydrogens (tertiary/aromatic N) is 1. The van der Waals surface area contributed by atoms with E-state index in [4.69, 9.17) is 16.8 Å². The van der Waals surface area contributed by atoms with Crippen LogP contribution in [0.3, 0.4) is 0 Å². The molecule has 0 atom stereocenters. The van der Waals surface area contributed by atoms with Crippen LogP contribution in [0.2, 0.25) is 5.15 Å². The summed E-state index contributed by atoms with van der Waals surface area (Å²) in [5.41, 5.74) is 1.99. The van der Waals surface area contributed by atoms with Crippen molar-refractivity contribution in [3.8, 4) is 5.75 Å². The summed E-state index contributed by atoms with van der Waals surface area (Å²) in [4.78, 5) is 14.3. The van der Waals surface area contributed by atoms with Crippen molar-refractivity contribution in [2.45, 2.75) is 6.92 Å². The minimum absolute atomic E-state index is 0.246. The molecule has 1 heterocycles. The van der Waals surface area contributed by atoms with Crippen molar-refractivity contribution in [3.05, 3.63) is 23.0 Å². The van der Waals surface area contributed by atoms with E-state index in [0.717, 1.165) is 0 Å². The van der Waals surface area contributed by atoms with E-state index in [0.29, 0.717) is 10.7 Å². The molecule has 0 radical (unpaired) electrons. The summed E-state index contributed by atoms with van der Waals surface area (Å²) in [6.45, 7) is 1.70. The number of pyridine rings is 1. The van der Waals surface area contributed by atoms with Crippen LogP contribution in [-0.4, -0.2) is 16.3 Å². The Bertz CT molecular complexity index is 330. The lowest BCUT2D eigenvalue weighted by molar-refractivity contribution is 0.127. The van der Waals surface area contributed by atoms with Crippen LogP contribution in [0.4, 0.5) is 4.79 Å². The third-order valence-electron chi connectivity index (χ3n) is 1.32. The third-order valence-corrected chi connectivity index (χ3v) is 1.53. The summed E-state index contributed by atoms with van der Waals surface area (Å²) in [5, 5.41) is 8.48. The lowest BCUT2D eigenvalue weighted by Crippen LogP contribution is -2.23. The van der Waals surface area contributed by atoms with E-state index in [1.54, 1.807) is 13.0 Å². The zero-order valence-electron chi connectivity index (χ0n) is 6.74. The molecule has 0 fully saturated rings. The first-order valence-electron chi connectivity index (χ1n) is 3.37. The Balaban J connectivity index is 2.83. The first-order valence-corrected chi connectivity index (χ1v) is 3.75. The maximum absolute atomic E-state index is 10.6. The topological polar surface area (TPSA) is 71.5 Å². The van der Waals surface area contributed by atoms with Gasteiger partial charge in [-0.25, -0.2) is 15.3 Å². The van der Waals surface area contributed by atoms with Crippen LogP contribution in [0.15, 0.2) is 12.3 Å². The zero-order valence-corrected chi connectivity index (χ0v) is 7.50. The fourth-order valence-corrected chi connectivity index (χ4v) is 0.951. The molecular weight excluding hydrogens is 196 g/mol. The number of hydroxylamine groups is 1. The van der Waals surface area contributed by atoms with Crippen LogP contribution < -0.4 is 10.2 Å². The number of aromatic nitrogens is 1. The molecule has 1 amide bonds. The van der Waals surface area contributed by atoms with E-state index in [9.17, 15) is 4.79 Å². The van der Waals surface area contributed by atoms with Gasteiger partial charge in [-0.15, -0.1) is 0 Å². The van der Waals surface area contributed by atoms with Crippen LogP contribution in [0.5, 0.6) is 5.75 Å². The molecule has 0 spiro atoms. The summed E-state index contributed by atoms with van der Waals surface area (Å²) >= 11 is 5.57. The molecular formula is C7H7ClN2O3. The summed E-state index contributed by atoms with van der Waals surface area (Å²) < 4.78 is 4.63.